The quantitative estimate of drug-likeness (QED) is 0.641. The molecule has 0 saturated carbocycles. The molecular formula is C21H22FNO3. The van der Waals surface area contributed by atoms with Crippen molar-refractivity contribution in [3.05, 3.63) is 70.5 Å². The molecule has 2 rings (SSSR count). The summed E-state index contributed by atoms with van der Waals surface area (Å²) in [5, 5.41) is 2.80. The molecule has 2 aromatic carbocycles. The first kappa shape index (κ1) is 19.4. The molecule has 0 radical (unpaired) electrons. The van der Waals surface area contributed by atoms with Crippen LogP contribution in [0.4, 0.5) is 10.1 Å². The minimum Gasteiger partial charge on any atom is -0.449 e. The Bertz CT molecular complexity index is 835. The van der Waals surface area contributed by atoms with Crippen molar-refractivity contribution in [2.24, 2.45) is 0 Å². The van der Waals surface area contributed by atoms with Gasteiger partial charge in [-0.3, -0.25) is 4.79 Å². The van der Waals surface area contributed by atoms with E-state index < -0.39 is 23.8 Å². The van der Waals surface area contributed by atoms with Crippen LogP contribution >= 0.6 is 0 Å². The van der Waals surface area contributed by atoms with Crippen LogP contribution in [0.1, 0.15) is 29.2 Å². The number of ether oxygens (including phenoxy) is 1. The van der Waals surface area contributed by atoms with Gasteiger partial charge >= 0.3 is 5.97 Å². The number of carbonyl (C=O) groups excluding carboxylic acids is 2. The first-order valence-corrected chi connectivity index (χ1v) is 8.29. The predicted octanol–water partition coefficient (Wildman–Crippen LogP) is 4.33. The summed E-state index contributed by atoms with van der Waals surface area (Å²) in [5.74, 6) is -1.47. The van der Waals surface area contributed by atoms with E-state index >= 15 is 0 Å². The number of carbonyl (C=O) groups is 2. The monoisotopic (exact) mass is 355 g/mol. The van der Waals surface area contributed by atoms with Crippen molar-refractivity contribution < 1.29 is 18.7 Å². The summed E-state index contributed by atoms with van der Waals surface area (Å²) >= 11 is 0. The summed E-state index contributed by atoms with van der Waals surface area (Å²) in [6.45, 7) is 7.31. The van der Waals surface area contributed by atoms with Crippen LogP contribution in [0.5, 0.6) is 0 Å². The summed E-state index contributed by atoms with van der Waals surface area (Å²) in [4.78, 5) is 24.2. The fraction of sp³-hybridized carbons (Fsp3) is 0.238. The maximum absolute atomic E-state index is 13.1. The summed E-state index contributed by atoms with van der Waals surface area (Å²) in [6.07, 6.45) is 1.64. The molecule has 0 heterocycles. The third-order valence-electron chi connectivity index (χ3n) is 3.85. The Morgan fingerprint density at radius 2 is 1.77 bits per heavy atom. The summed E-state index contributed by atoms with van der Waals surface area (Å²) in [6, 6.07) is 9.76. The molecule has 0 fully saturated rings. The average Bonchev–Trinajstić information content (AvgIpc) is 2.56. The van der Waals surface area contributed by atoms with E-state index in [4.69, 9.17) is 4.74 Å². The SMILES string of the molecule is Cc1cc(C)c(NC(=O)[C@@H](C)OC(=O)/C=C/c2cccc(F)c2)c(C)c1. The Morgan fingerprint density at radius 3 is 2.38 bits per heavy atom. The Morgan fingerprint density at radius 1 is 1.12 bits per heavy atom. The zero-order valence-corrected chi connectivity index (χ0v) is 15.3. The van der Waals surface area contributed by atoms with Gasteiger partial charge < -0.3 is 10.1 Å². The van der Waals surface area contributed by atoms with Crippen molar-refractivity contribution in [3.63, 3.8) is 0 Å². The van der Waals surface area contributed by atoms with Gasteiger partial charge in [-0.15, -0.1) is 0 Å². The van der Waals surface area contributed by atoms with Crippen molar-refractivity contribution in [3.8, 4) is 0 Å². The number of esters is 1. The number of nitrogens with one attached hydrogen (secondary N) is 1. The molecule has 0 aromatic heterocycles. The lowest BCUT2D eigenvalue weighted by Gasteiger charge is -2.16. The molecule has 0 spiro atoms. The number of aryl methyl sites for hydroxylation is 3. The van der Waals surface area contributed by atoms with E-state index in [0.717, 1.165) is 22.4 Å². The first-order chi connectivity index (χ1) is 12.3. The number of amides is 1. The zero-order valence-electron chi connectivity index (χ0n) is 15.3. The standard InChI is InChI=1S/C21H22FNO3/c1-13-10-14(2)20(15(3)11-13)23-21(25)16(4)26-19(24)9-8-17-6-5-7-18(22)12-17/h5-12,16H,1-4H3,(H,23,25)/b9-8+/t16-/m1/s1. The lowest BCUT2D eigenvalue weighted by atomic mass is 10.0. The van der Waals surface area contributed by atoms with Gasteiger partial charge in [0.2, 0.25) is 0 Å². The average molecular weight is 355 g/mol. The van der Waals surface area contributed by atoms with Crippen LogP contribution in [-0.2, 0) is 14.3 Å². The van der Waals surface area contributed by atoms with Crippen molar-refractivity contribution in [2.45, 2.75) is 33.8 Å². The topological polar surface area (TPSA) is 55.4 Å². The molecule has 0 bridgehead atoms. The molecule has 2 aromatic rings. The van der Waals surface area contributed by atoms with Gasteiger partial charge in [0.1, 0.15) is 5.82 Å². The van der Waals surface area contributed by atoms with Crippen molar-refractivity contribution in [1.29, 1.82) is 0 Å². The Kier molecular flexibility index (Phi) is 6.28. The summed E-state index contributed by atoms with van der Waals surface area (Å²) < 4.78 is 18.2. The molecule has 1 amide bonds. The van der Waals surface area contributed by atoms with E-state index in [0.29, 0.717) is 5.56 Å². The molecule has 26 heavy (non-hydrogen) atoms. The van der Waals surface area contributed by atoms with Crippen molar-refractivity contribution in [2.75, 3.05) is 5.32 Å². The maximum Gasteiger partial charge on any atom is 0.331 e. The van der Waals surface area contributed by atoms with E-state index in [1.54, 1.807) is 12.1 Å². The lowest BCUT2D eigenvalue weighted by molar-refractivity contribution is -0.148. The second-order valence-corrected chi connectivity index (χ2v) is 6.23. The van der Waals surface area contributed by atoms with Crippen LogP contribution in [0.15, 0.2) is 42.5 Å². The van der Waals surface area contributed by atoms with E-state index in [1.807, 2.05) is 32.9 Å². The van der Waals surface area contributed by atoms with E-state index in [1.165, 1.54) is 31.2 Å². The Labute approximate surface area is 152 Å². The molecule has 1 atom stereocenters. The van der Waals surface area contributed by atoms with Crippen LogP contribution in [0, 0.1) is 26.6 Å². The minimum atomic E-state index is -0.959. The number of hydrogen-bond donors (Lipinski definition) is 1. The third kappa shape index (κ3) is 5.28. The van der Waals surface area contributed by atoms with Crippen LogP contribution in [0.3, 0.4) is 0 Å². The van der Waals surface area contributed by atoms with Crippen LogP contribution in [0.25, 0.3) is 6.08 Å². The second-order valence-electron chi connectivity index (χ2n) is 6.23. The smallest absolute Gasteiger partial charge is 0.331 e. The first-order valence-electron chi connectivity index (χ1n) is 8.29. The second kappa shape index (κ2) is 8.43. The number of hydrogen-bond acceptors (Lipinski definition) is 3. The lowest BCUT2D eigenvalue weighted by Crippen LogP contribution is -2.30. The Hall–Kier alpha value is -2.95. The Balaban J connectivity index is 1.97. The molecule has 0 aliphatic heterocycles. The van der Waals surface area contributed by atoms with Crippen LogP contribution in [-0.4, -0.2) is 18.0 Å². The third-order valence-corrected chi connectivity index (χ3v) is 3.85. The fourth-order valence-electron chi connectivity index (χ4n) is 2.64. The van der Waals surface area contributed by atoms with Crippen molar-refractivity contribution >= 4 is 23.6 Å². The van der Waals surface area contributed by atoms with Gasteiger partial charge in [0.05, 0.1) is 0 Å². The van der Waals surface area contributed by atoms with Gasteiger partial charge in [-0.25, -0.2) is 9.18 Å². The molecule has 1 N–H and O–H groups in total. The molecule has 5 heteroatoms. The van der Waals surface area contributed by atoms with Crippen LogP contribution in [0.2, 0.25) is 0 Å². The van der Waals surface area contributed by atoms with E-state index in [2.05, 4.69) is 5.32 Å². The summed E-state index contributed by atoms with van der Waals surface area (Å²) in [5.41, 5.74) is 4.25. The highest BCUT2D eigenvalue weighted by Crippen LogP contribution is 2.22. The van der Waals surface area contributed by atoms with Gasteiger partial charge in [-0.1, -0.05) is 29.8 Å². The highest BCUT2D eigenvalue weighted by Gasteiger charge is 2.18. The number of rotatable bonds is 5. The number of benzene rings is 2. The molecule has 0 aliphatic rings. The molecule has 0 unspecified atom stereocenters. The zero-order chi connectivity index (χ0) is 19.3. The maximum atomic E-state index is 13.1. The minimum absolute atomic E-state index is 0.392. The van der Waals surface area contributed by atoms with Gasteiger partial charge in [0, 0.05) is 11.8 Å². The summed E-state index contributed by atoms with van der Waals surface area (Å²) in [7, 11) is 0. The molecular weight excluding hydrogens is 333 g/mol. The van der Waals surface area contributed by atoms with E-state index in [-0.39, 0.29) is 0 Å². The predicted molar refractivity (Wildman–Crippen MR) is 100 cm³/mol. The van der Waals surface area contributed by atoms with Gasteiger partial charge in [0.15, 0.2) is 6.10 Å². The van der Waals surface area contributed by atoms with Crippen LogP contribution < -0.4 is 5.32 Å². The highest BCUT2D eigenvalue weighted by molar-refractivity contribution is 5.97. The van der Waals surface area contributed by atoms with Gasteiger partial charge in [-0.05, 0) is 62.6 Å². The highest BCUT2D eigenvalue weighted by atomic mass is 19.1. The number of halogens is 1. The van der Waals surface area contributed by atoms with E-state index in [9.17, 15) is 14.0 Å². The number of anilines is 1. The van der Waals surface area contributed by atoms with Gasteiger partial charge in [0.25, 0.3) is 5.91 Å². The normalized spacial score (nSPS) is 12.0. The fourth-order valence-corrected chi connectivity index (χ4v) is 2.64. The molecule has 4 nitrogen and oxygen atoms in total. The molecule has 136 valence electrons. The molecule has 0 saturated heterocycles. The van der Waals surface area contributed by atoms with Gasteiger partial charge in [-0.2, -0.15) is 0 Å². The molecule has 0 aliphatic carbocycles. The largest absolute Gasteiger partial charge is 0.449 e. The van der Waals surface area contributed by atoms with Crippen molar-refractivity contribution in [1.82, 2.24) is 0 Å².